The summed E-state index contributed by atoms with van der Waals surface area (Å²) >= 11 is 0. The van der Waals surface area contributed by atoms with Gasteiger partial charge in [0.2, 0.25) is 0 Å². The zero-order chi connectivity index (χ0) is 16.3. The third-order valence-corrected chi connectivity index (χ3v) is 2.45. The highest BCUT2D eigenvalue weighted by Gasteiger charge is 2.31. The van der Waals surface area contributed by atoms with E-state index in [4.69, 9.17) is 9.84 Å². The van der Waals surface area contributed by atoms with Crippen LogP contribution < -0.4 is 5.32 Å². The van der Waals surface area contributed by atoms with E-state index >= 15 is 0 Å². The summed E-state index contributed by atoms with van der Waals surface area (Å²) in [5.41, 5.74) is -1.17. The van der Waals surface area contributed by atoms with Crippen LogP contribution in [-0.4, -0.2) is 23.4 Å². The number of alkyl halides is 3. The molecule has 0 aromatic heterocycles. The Morgan fingerprint density at radius 3 is 2.38 bits per heavy atom. The first-order valence-electron chi connectivity index (χ1n) is 6.34. The van der Waals surface area contributed by atoms with Gasteiger partial charge in [-0.3, -0.25) is 5.32 Å². The number of aliphatic hydroxyl groups excluding tert-OH is 1. The normalized spacial score (nSPS) is 12.1. The number of benzene rings is 1. The van der Waals surface area contributed by atoms with Crippen molar-refractivity contribution in [1.82, 2.24) is 0 Å². The number of ether oxygens (including phenoxy) is 1. The van der Waals surface area contributed by atoms with Gasteiger partial charge >= 0.3 is 12.3 Å². The molecule has 0 fully saturated rings. The Kier molecular flexibility index (Phi) is 5.22. The van der Waals surface area contributed by atoms with Crippen molar-refractivity contribution >= 4 is 11.8 Å². The van der Waals surface area contributed by atoms with Gasteiger partial charge in [0.15, 0.2) is 0 Å². The van der Waals surface area contributed by atoms with Crippen LogP contribution in [0.15, 0.2) is 18.2 Å². The van der Waals surface area contributed by atoms with E-state index in [2.05, 4.69) is 5.32 Å². The Morgan fingerprint density at radius 1 is 1.29 bits per heavy atom. The number of carbonyl (C=O) groups is 1. The molecule has 0 saturated carbocycles. The van der Waals surface area contributed by atoms with Gasteiger partial charge in [0.1, 0.15) is 5.60 Å². The lowest BCUT2D eigenvalue weighted by Gasteiger charge is -2.20. The number of anilines is 1. The van der Waals surface area contributed by atoms with Crippen molar-refractivity contribution < 1.29 is 27.8 Å². The number of rotatable bonds is 3. The maximum atomic E-state index is 12.7. The fourth-order valence-electron chi connectivity index (χ4n) is 1.63. The Labute approximate surface area is 120 Å². The van der Waals surface area contributed by atoms with Crippen LogP contribution in [-0.2, 0) is 17.3 Å². The molecule has 1 rings (SSSR count). The van der Waals surface area contributed by atoms with Gasteiger partial charge in [-0.05, 0) is 51.0 Å². The Bertz CT molecular complexity index is 507. The van der Waals surface area contributed by atoms with E-state index in [0.29, 0.717) is 0 Å². The first-order chi connectivity index (χ1) is 9.53. The standard InChI is InChI=1S/C14H18F3NO3/c1-13(2,3)21-12(20)18-11-5-4-10(14(15,16)17)8-9(11)6-7-19/h4-5,8,19H,6-7H2,1-3H3,(H,18,20). The maximum Gasteiger partial charge on any atom is 0.416 e. The summed E-state index contributed by atoms with van der Waals surface area (Å²) in [6, 6.07) is 2.92. The third-order valence-electron chi connectivity index (χ3n) is 2.45. The molecule has 7 heteroatoms. The van der Waals surface area contributed by atoms with Gasteiger partial charge in [0, 0.05) is 12.3 Å². The predicted octanol–water partition coefficient (Wildman–Crippen LogP) is 3.59. The van der Waals surface area contributed by atoms with Gasteiger partial charge in [0.05, 0.1) is 5.56 Å². The minimum absolute atomic E-state index is 0.00491. The van der Waals surface area contributed by atoms with Gasteiger partial charge in [-0.15, -0.1) is 0 Å². The van der Waals surface area contributed by atoms with Gasteiger partial charge in [-0.2, -0.15) is 13.2 Å². The van der Waals surface area contributed by atoms with E-state index in [1.807, 2.05) is 0 Å². The zero-order valence-electron chi connectivity index (χ0n) is 12.0. The largest absolute Gasteiger partial charge is 0.444 e. The van der Waals surface area contributed by atoms with Gasteiger partial charge in [0.25, 0.3) is 0 Å². The van der Waals surface area contributed by atoms with Crippen molar-refractivity contribution in [3.63, 3.8) is 0 Å². The monoisotopic (exact) mass is 305 g/mol. The van der Waals surface area contributed by atoms with Crippen LogP contribution in [0.4, 0.5) is 23.7 Å². The van der Waals surface area contributed by atoms with Gasteiger partial charge in [-0.25, -0.2) is 4.79 Å². The van der Waals surface area contributed by atoms with Gasteiger partial charge < -0.3 is 9.84 Å². The summed E-state index contributed by atoms with van der Waals surface area (Å²) in [4.78, 5) is 11.6. The van der Waals surface area contributed by atoms with Crippen molar-refractivity contribution in [1.29, 1.82) is 0 Å². The molecule has 1 amide bonds. The smallest absolute Gasteiger partial charge is 0.416 e. The number of nitrogens with one attached hydrogen (secondary N) is 1. The SMILES string of the molecule is CC(C)(C)OC(=O)Nc1ccc(C(F)(F)F)cc1CCO. The average molecular weight is 305 g/mol. The van der Waals surface area contributed by atoms with E-state index in [-0.39, 0.29) is 24.3 Å². The highest BCUT2D eigenvalue weighted by molar-refractivity contribution is 5.86. The van der Waals surface area contributed by atoms with Crippen molar-refractivity contribution in [2.45, 2.75) is 39.0 Å². The number of amides is 1. The number of carbonyl (C=O) groups excluding carboxylic acids is 1. The fraction of sp³-hybridized carbons (Fsp3) is 0.500. The number of halogens is 3. The van der Waals surface area contributed by atoms with Crippen LogP contribution in [0.25, 0.3) is 0 Å². The molecule has 1 aromatic carbocycles. The Balaban J connectivity index is 2.99. The summed E-state index contributed by atoms with van der Waals surface area (Å²) in [7, 11) is 0. The van der Waals surface area contributed by atoms with Crippen LogP contribution in [0.1, 0.15) is 31.9 Å². The fourth-order valence-corrected chi connectivity index (χ4v) is 1.63. The minimum atomic E-state index is -4.48. The molecule has 0 saturated heterocycles. The molecule has 0 unspecified atom stereocenters. The molecule has 0 bridgehead atoms. The molecular formula is C14H18F3NO3. The molecule has 0 radical (unpaired) electrons. The second-order valence-corrected chi connectivity index (χ2v) is 5.47. The van der Waals surface area contributed by atoms with Crippen molar-refractivity contribution in [2.24, 2.45) is 0 Å². The number of hydrogen-bond acceptors (Lipinski definition) is 3. The zero-order valence-corrected chi connectivity index (χ0v) is 12.0. The van der Waals surface area contributed by atoms with E-state index in [0.717, 1.165) is 18.2 Å². The van der Waals surface area contributed by atoms with Crippen LogP contribution in [0.5, 0.6) is 0 Å². The Hall–Kier alpha value is -1.76. The van der Waals surface area contributed by atoms with E-state index < -0.39 is 23.4 Å². The molecule has 0 heterocycles. The summed E-state index contributed by atoms with van der Waals surface area (Å²) in [6.45, 7) is 4.69. The lowest BCUT2D eigenvalue weighted by molar-refractivity contribution is -0.137. The predicted molar refractivity (Wildman–Crippen MR) is 72.1 cm³/mol. The first-order valence-corrected chi connectivity index (χ1v) is 6.34. The molecule has 21 heavy (non-hydrogen) atoms. The first kappa shape index (κ1) is 17.3. The average Bonchev–Trinajstić information content (AvgIpc) is 2.27. The van der Waals surface area contributed by atoms with Crippen LogP contribution in [0.2, 0.25) is 0 Å². The third kappa shape index (κ3) is 5.63. The van der Waals surface area contributed by atoms with Gasteiger partial charge in [-0.1, -0.05) is 0 Å². The molecule has 2 N–H and O–H groups in total. The topological polar surface area (TPSA) is 58.6 Å². The molecule has 4 nitrogen and oxygen atoms in total. The molecule has 0 aliphatic carbocycles. The molecule has 0 atom stereocenters. The summed E-state index contributed by atoms with van der Waals surface area (Å²) in [5.74, 6) is 0. The van der Waals surface area contributed by atoms with Crippen LogP contribution in [0, 0.1) is 0 Å². The van der Waals surface area contributed by atoms with E-state index in [9.17, 15) is 18.0 Å². The highest BCUT2D eigenvalue weighted by Crippen LogP contribution is 2.32. The minimum Gasteiger partial charge on any atom is -0.444 e. The molecular weight excluding hydrogens is 287 g/mol. The van der Waals surface area contributed by atoms with Crippen molar-refractivity contribution in [3.8, 4) is 0 Å². The lowest BCUT2D eigenvalue weighted by Crippen LogP contribution is -2.27. The summed E-state index contributed by atoms with van der Waals surface area (Å²) in [5, 5.41) is 11.3. The second-order valence-electron chi connectivity index (χ2n) is 5.47. The van der Waals surface area contributed by atoms with Crippen molar-refractivity contribution in [3.05, 3.63) is 29.3 Å². The maximum absolute atomic E-state index is 12.7. The lowest BCUT2D eigenvalue weighted by atomic mass is 10.1. The second kappa shape index (κ2) is 6.34. The molecule has 0 aliphatic rings. The van der Waals surface area contributed by atoms with E-state index in [1.54, 1.807) is 20.8 Å². The molecule has 118 valence electrons. The molecule has 1 aromatic rings. The Morgan fingerprint density at radius 2 is 1.90 bits per heavy atom. The highest BCUT2D eigenvalue weighted by atomic mass is 19.4. The summed E-state index contributed by atoms with van der Waals surface area (Å²) in [6.07, 6.45) is -5.24. The van der Waals surface area contributed by atoms with Crippen LogP contribution >= 0.6 is 0 Å². The number of aliphatic hydroxyl groups is 1. The molecule has 0 aliphatic heterocycles. The van der Waals surface area contributed by atoms with Crippen LogP contribution in [0.3, 0.4) is 0 Å². The van der Waals surface area contributed by atoms with Crippen molar-refractivity contribution in [2.75, 3.05) is 11.9 Å². The quantitative estimate of drug-likeness (QED) is 0.897. The number of hydrogen-bond donors (Lipinski definition) is 2. The van der Waals surface area contributed by atoms with E-state index in [1.165, 1.54) is 0 Å². The summed E-state index contributed by atoms with van der Waals surface area (Å²) < 4.78 is 43.0. The molecule has 0 spiro atoms.